The van der Waals surface area contributed by atoms with Crippen molar-refractivity contribution in [3.05, 3.63) is 144 Å². The number of carbonyl (C=O) groups is 1. The molecule has 2 fully saturated rings. The maximum atomic E-state index is 12.3. The standard InChI is InChI=1S/C42H50N2O10/c1-28(45)44-35-39(50-25-31-18-10-4-11-19-31)38(33(22-43)52-41(35)47)54-42-36(46)40(51-26-32-20-12-5-13-21-32)37(49-24-30-16-8-3-9-17-30)34(53-42)27-48-23-29-14-6-2-7-15-29/h2-21,33-42,46-47H,22-27,43H2,1H3,(H,44,45)/t33-,34-,35-,36-,37+,38-,39-,40-,41-,42+/m1/s1. The highest BCUT2D eigenvalue weighted by molar-refractivity contribution is 5.73. The highest BCUT2D eigenvalue weighted by Gasteiger charge is 2.53. The van der Waals surface area contributed by atoms with Crippen LogP contribution in [0.3, 0.4) is 0 Å². The molecule has 0 spiro atoms. The average Bonchev–Trinajstić information content (AvgIpc) is 3.20. The van der Waals surface area contributed by atoms with Crippen molar-refractivity contribution in [1.29, 1.82) is 0 Å². The lowest BCUT2D eigenvalue weighted by molar-refractivity contribution is -0.354. The van der Waals surface area contributed by atoms with Crippen LogP contribution in [0.25, 0.3) is 0 Å². The molecule has 54 heavy (non-hydrogen) atoms. The van der Waals surface area contributed by atoms with E-state index in [4.69, 9.17) is 38.9 Å². The summed E-state index contributed by atoms with van der Waals surface area (Å²) < 4.78 is 44.7. The normalized spacial score (nSPS) is 28.4. The Bertz CT molecular complexity index is 1670. The van der Waals surface area contributed by atoms with Crippen LogP contribution in [0, 0.1) is 0 Å². The van der Waals surface area contributed by atoms with E-state index >= 15 is 0 Å². The molecule has 0 saturated carbocycles. The van der Waals surface area contributed by atoms with Gasteiger partial charge in [-0.3, -0.25) is 4.79 Å². The molecule has 2 heterocycles. The van der Waals surface area contributed by atoms with Gasteiger partial charge < -0.3 is 54.4 Å². The predicted octanol–water partition coefficient (Wildman–Crippen LogP) is 3.61. The van der Waals surface area contributed by atoms with Crippen LogP contribution >= 0.6 is 0 Å². The van der Waals surface area contributed by atoms with Crippen molar-refractivity contribution in [2.24, 2.45) is 5.73 Å². The van der Waals surface area contributed by atoms with Crippen molar-refractivity contribution in [2.45, 2.75) is 94.7 Å². The Morgan fingerprint density at radius 3 is 1.57 bits per heavy atom. The molecule has 0 radical (unpaired) electrons. The van der Waals surface area contributed by atoms with Gasteiger partial charge in [-0.1, -0.05) is 121 Å². The van der Waals surface area contributed by atoms with Gasteiger partial charge in [-0.15, -0.1) is 0 Å². The smallest absolute Gasteiger partial charge is 0.217 e. The Labute approximate surface area is 316 Å². The first-order valence-corrected chi connectivity index (χ1v) is 18.3. The monoisotopic (exact) mass is 742 g/mol. The molecule has 0 aromatic heterocycles. The van der Waals surface area contributed by atoms with Crippen LogP contribution in [0.15, 0.2) is 121 Å². The lowest BCUT2D eigenvalue weighted by atomic mass is 9.94. The molecule has 4 aromatic carbocycles. The van der Waals surface area contributed by atoms with Crippen LogP contribution in [-0.4, -0.2) is 90.6 Å². The number of carbonyl (C=O) groups excluding carboxylic acids is 1. The fraction of sp³-hybridized carbons (Fsp3) is 0.405. The Morgan fingerprint density at radius 2 is 1.09 bits per heavy atom. The van der Waals surface area contributed by atoms with Crippen molar-refractivity contribution in [3.8, 4) is 0 Å². The Hall–Kier alpha value is -4.05. The summed E-state index contributed by atoms with van der Waals surface area (Å²) in [5.41, 5.74) is 9.86. The number of ether oxygens (including phenoxy) is 7. The number of hydrogen-bond donors (Lipinski definition) is 4. The first-order valence-electron chi connectivity index (χ1n) is 18.3. The SMILES string of the molecule is CC(=O)N[C@@H]1[C@@H](OCc2ccccc2)[C@H](O[C@@H]2O[C@H](COCc3ccccc3)[C@H](OCc3ccccc3)[C@H](OCc3ccccc3)[C@H]2O)[C@@H](CN)O[C@H]1O. The summed E-state index contributed by atoms with van der Waals surface area (Å²) in [5.74, 6) is -0.404. The molecule has 0 bridgehead atoms. The first-order chi connectivity index (χ1) is 26.4. The minimum Gasteiger partial charge on any atom is -0.385 e. The van der Waals surface area contributed by atoms with E-state index in [1.54, 1.807) is 0 Å². The van der Waals surface area contributed by atoms with E-state index in [-0.39, 0.29) is 33.0 Å². The topological polar surface area (TPSA) is 160 Å². The Kier molecular flexibility index (Phi) is 14.7. The molecule has 4 aromatic rings. The molecule has 2 saturated heterocycles. The minimum absolute atomic E-state index is 0.0666. The van der Waals surface area contributed by atoms with E-state index in [1.807, 2.05) is 121 Å². The molecule has 1 amide bonds. The number of nitrogens with one attached hydrogen (secondary N) is 1. The third-order valence-corrected chi connectivity index (χ3v) is 9.42. The molecule has 5 N–H and O–H groups in total. The number of benzene rings is 4. The molecule has 288 valence electrons. The van der Waals surface area contributed by atoms with Gasteiger partial charge in [0.15, 0.2) is 12.6 Å². The molecule has 2 aliphatic heterocycles. The summed E-state index contributed by atoms with van der Waals surface area (Å²) in [7, 11) is 0. The molecule has 0 unspecified atom stereocenters. The second-order valence-corrected chi connectivity index (χ2v) is 13.4. The summed E-state index contributed by atoms with van der Waals surface area (Å²) in [5, 5.41) is 25.9. The van der Waals surface area contributed by atoms with E-state index in [1.165, 1.54) is 6.92 Å². The van der Waals surface area contributed by atoms with Gasteiger partial charge in [0, 0.05) is 13.5 Å². The van der Waals surface area contributed by atoms with Crippen molar-refractivity contribution in [3.63, 3.8) is 0 Å². The summed E-state index contributed by atoms with van der Waals surface area (Å²) in [4.78, 5) is 12.3. The van der Waals surface area contributed by atoms with Crippen molar-refractivity contribution < 1.29 is 48.2 Å². The number of nitrogens with two attached hydrogens (primary N) is 1. The largest absolute Gasteiger partial charge is 0.385 e. The number of amides is 1. The van der Waals surface area contributed by atoms with Gasteiger partial charge in [-0.2, -0.15) is 0 Å². The van der Waals surface area contributed by atoms with Crippen LogP contribution < -0.4 is 11.1 Å². The van der Waals surface area contributed by atoms with Crippen LogP contribution in [-0.2, 0) is 64.4 Å². The van der Waals surface area contributed by atoms with Gasteiger partial charge in [-0.25, -0.2) is 0 Å². The molecular formula is C42H50N2O10. The number of aliphatic hydroxyl groups is 2. The molecule has 2 aliphatic rings. The summed E-state index contributed by atoms with van der Waals surface area (Å²) in [6.07, 6.45) is -9.52. The molecule has 10 atom stereocenters. The van der Waals surface area contributed by atoms with E-state index in [0.717, 1.165) is 22.3 Å². The van der Waals surface area contributed by atoms with E-state index in [0.29, 0.717) is 6.61 Å². The van der Waals surface area contributed by atoms with Crippen molar-refractivity contribution >= 4 is 5.91 Å². The van der Waals surface area contributed by atoms with Crippen molar-refractivity contribution in [2.75, 3.05) is 13.2 Å². The van der Waals surface area contributed by atoms with E-state index < -0.39 is 67.3 Å². The van der Waals surface area contributed by atoms with Crippen LogP contribution in [0.5, 0.6) is 0 Å². The highest BCUT2D eigenvalue weighted by Crippen LogP contribution is 2.33. The minimum atomic E-state index is -1.45. The summed E-state index contributed by atoms with van der Waals surface area (Å²) in [6.45, 7) is 2.20. The lowest BCUT2D eigenvalue weighted by Gasteiger charge is -2.49. The molecule has 12 nitrogen and oxygen atoms in total. The zero-order chi connectivity index (χ0) is 37.7. The zero-order valence-electron chi connectivity index (χ0n) is 30.3. The van der Waals surface area contributed by atoms with Gasteiger partial charge in [0.2, 0.25) is 5.91 Å². The van der Waals surface area contributed by atoms with Crippen LogP contribution in [0.1, 0.15) is 29.2 Å². The highest BCUT2D eigenvalue weighted by atomic mass is 16.7. The van der Waals surface area contributed by atoms with Gasteiger partial charge in [-0.05, 0) is 22.3 Å². The molecule has 0 aliphatic carbocycles. The second kappa shape index (κ2) is 20.0. The number of rotatable bonds is 17. The number of hydrogen-bond acceptors (Lipinski definition) is 11. The van der Waals surface area contributed by atoms with Crippen molar-refractivity contribution in [1.82, 2.24) is 5.32 Å². The van der Waals surface area contributed by atoms with Crippen LogP contribution in [0.4, 0.5) is 0 Å². The Morgan fingerprint density at radius 1 is 0.630 bits per heavy atom. The molecular weight excluding hydrogens is 692 g/mol. The van der Waals surface area contributed by atoms with Gasteiger partial charge >= 0.3 is 0 Å². The fourth-order valence-electron chi connectivity index (χ4n) is 6.72. The molecule has 12 heteroatoms. The zero-order valence-corrected chi connectivity index (χ0v) is 30.3. The van der Waals surface area contributed by atoms with E-state index in [2.05, 4.69) is 5.32 Å². The van der Waals surface area contributed by atoms with Gasteiger partial charge in [0.25, 0.3) is 0 Å². The van der Waals surface area contributed by atoms with Gasteiger partial charge in [0.05, 0.1) is 33.0 Å². The maximum Gasteiger partial charge on any atom is 0.217 e. The third kappa shape index (κ3) is 10.8. The quantitative estimate of drug-likeness (QED) is 0.125. The number of aliphatic hydroxyl groups excluding tert-OH is 2. The fourth-order valence-corrected chi connectivity index (χ4v) is 6.72. The molecule has 6 rings (SSSR count). The average molecular weight is 743 g/mol. The van der Waals surface area contributed by atoms with Gasteiger partial charge in [0.1, 0.15) is 48.8 Å². The summed E-state index contributed by atoms with van der Waals surface area (Å²) >= 11 is 0. The maximum absolute atomic E-state index is 12.3. The van der Waals surface area contributed by atoms with E-state index in [9.17, 15) is 15.0 Å². The first kappa shape index (κ1) is 39.6. The summed E-state index contributed by atoms with van der Waals surface area (Å²) in [6, 6.07) is 37.5. The second-order valence-electron chi connectivity index (χ2n) is 13.4. The van der Waals surface area contributed by atoms with Crippen LogP contribution in [0.2, 0.25) is 0 Å². The Balaban J connectivity index is 1.30. The lowest BCUT2D eigenvalue weighted by Crippen LogP contribution is -2.68. The third-order valence-electron chi connectivity index (χ3n) is 9.42. The predicted molar refractivity (Wildman–Crippen MR) is 198 cm³/mol.